The molecule has 0 saturated carbocycles. The van der Waals surface area contributed by atoms with Crippen molar-refractivity contribution in [2.45, 2.75) is 77.8 Å². The quantitative estimate of drug-likeness (QED) is 0.160. The minimum absolute atomic E-state index is 0.0162. The first-order chi connectivity index (χ1) is 13.4. The van der Waals surface area contributed by atoms with Crippen LogP contribution in [-0.4, -0.2) is 44.5 Å². The van der Waals surface area contributed by atoms with E-state index in [-0.39, 0.29) is 7.92 Å². The van der Waals surface area contributed by atoms with Crippen LogP contribution in [0.2, 0.25) is 0 Å². The molecule has 0 rings (SSSR count). The van der Waals surface area contributed by atoms with E-state index in [0.717, 1.165) is 0 Å². The van der Waals surface area contributed by atoms with Gasteiger partial charge >= 0.3 is 29.0 Å². The summed E-state index contributed by atoms with van der Waals surface area (Å²) < 4.78 is 156. The average Bonchev–Trinajstić information content (AvgIpc) is 2.08. The van der Waals surface area contributed by atoms with Gasteiger partial charge in [0.2, 0.25) is 0 Å². The third-order valence-electron chi connectivity index (χ3n) is 2.01. The molecule has 208 valence electrons. The van der Waals surface area contributed by atoms with Crippen LogP contribution in [0, 0.1) is 0 Å². The molecule has 0 spiro atoms. The Morgan fingerprint density at radius 3 is 0.364 bits per heavy atom. The lowest BCUT2D eigenvalue weighted by Crippen LogP contribution is -2.34. The fraction of sp³-hybridized carbons (Fsp3) is 1.00. The lowest BCUT2D eigenvalue weighted by atomic mass is 10.2. The van der Waals surface area contributed by atoms with E-state index < -0.39 is 29.0 Å². The molecule has 0 aliphatic heterocycles. The second-order valence-corrected chi connectivity index (χ2v) is 13.5. The van der Waals surface area contributed by atoms with E-state index >= 15 is 0 Å². The molecule has 0 aliphatic carbocycles. The Morgan fingerprint density at radius 1 is 0.303 bits per heavy atom. The maximum atomic E-state index is 9.75. The molecule has 0 saturated heterocycles. The van der Waals surface area contributed by atoms with Crippen LogP contribution in [0.1, 0.15) is 62.3 Å². The second kappa shape index (κ2) is 14.9. The minimum Gasteiger partial charge on any atom is -0.418 e. The molecule has 0 aromatic carbocycles. The van der Waals surface area contributed by atoms with Gasteiger partial charge in [-0.15, -0.1) is 0 Å². The van der Waals surface area contributed by atoms with Gasteiger partial charge in [-0.1, -0.05) is 70.2 Å². The summed E-state index contributed by atoms with van der Waals surface area (Å²) in [5, 5.41) is 1.35. The molecule has 0 heterocycles. The molecular weight excluding hydrogens is 522 g/mol. The van der Waals surface area contributed by atoms with Gasteiger partial charge in [0.15, 0.2) is 0 Å². The molecule has 0 amide bonds. The van der Waals surface area contributed by atoms with Gasteiger partial charge in [-0.2, -0.15) is 0 Å². The number of rotatable bonds is 0. The van der Waals surface area contributed by atoms with E-state index in [1.807, 2.05) is 0 Å². The van der Waals surface area contributed by atoms with Crippen molar-refractivity contribution in [1.29, 1.82) is 0 Å². The van der Waals surface area contributed by atoms with Gasteiger partial charge in [-0.05, 0) is 15.5 Å². The lowest BCUT2D eigenvalue weighted by Gasteiger charge is -2.49. The fourth-order valence-electron chi connectivity index (χ4n) is 3.02. The maximum absolute atomic E-state index is 9.75. The molecule has 0 N–H and O–H groups in total. The first-order valence-corrected chi connectivity index (χ1v) is 10.0. The largest absolute Gasteiger partial charge is 0.673 e. The third kappa shape index (κ3) is 89.4. The van der Waals surface area contributed by atoms with Crippen molar-refractivity contribution in [2.24, 2.45) is 0 Å². The Hall–Kier alpha value is -0.430. The SMILES string of the molecule is CC(C)(C)P(C(C)(C)C)C(C)(C)C.F[B-](F)(F)F.F[B-](F)(F)F.F[B-](F)(F)F.F[B-](F)(F)F. The van der Waals surface area contributed by atoms with Crippen LogP contribution >= 0.6 is 7.92 Å². The zero-order chi connectivity index (χ0) is 29.1. The van der Waals surface area contributed by atoms with Gasteiger partial charge in [-0.25, -0.2) is 0 Å². The zero-order valence-corrected chi connectivity index (χ0v) is 20.2. The molecule has 0 aliphatic rings. The Bertz CT molecular complexity index is 374. The molecule has 21 heteroatoms. The van der Waals surface area contributed by atoms with Crippen molar-refractivity contribution in [3.8, 4) is 0 Å². The summed E-state index contributed by atoms with van der Waals surface area (Å²) in [5.74, 6) is 0. The summed E-state index contributed by atoms with van der Waals surface area (Å²) in [6, 6.07) is 0. The van der Waals surface area contributed by atoms with Gasteiger partial charge < -0.3 is 69.1 Å². The van der Waals surface area contributed by atoms with Crippen LogP contribution in [-0.2, 0) is 0 Å². The smallest absolute Gasteiger partial charge is 0.418 e. The Balaban J connectivity index is -0.000000109. The van der Waals surface area contributed by atoms with Gasteiger partial charge in [-0.3, -0.25) is 0 Å². The van der Waals surface area contributed by atoms with E-state index in [2.05, 4.69) is 62.3 Å². The van der Waals surface area contributed by atoms with Crippen molar-refractivity contribution in [1.82, 2.24) is 0 Å². The van der Waals surface area contributed by atoms with E-state index in [1.165, 1.54) is 0 Å². The van der Waals surface area contributed by atoms with Crippen molar-refractivity contribution in [2.75, 3.05) is 0 Å². The molecule has 0 unspecified atom stereocenters. The van der Waals surface area contributed by atoms with Crippen molar-refractivity contribution in [3.63, 3.8) is 0 Å². The first kappa shape index (κ1) is 42.7. The highest BCUT2D eigenvalue weighted by Crippen LogP contribution is 2.66. The Labute approximate surface area is 184 Å². The van der Waals surface area contributed by atoms with Gasteiger partial charge in [0.25, 0.3) is 0 Å². The number of hydrogen-bond donors (Lipinski definition) is 0. The first-order valence-electron chi connectivity index (χ1n) is 8.66. The van der Waals surface area contributed by atoms with Crippen LogP contribution in [0.5, 0.6) is 0 Å². The van der Waals surface area contributed by atoms with E-state index in [9.17, 15) is 69.1 Å². The van der Waals surface area contributed by atoms with Crippen LogP contribution in [0.3, 0.4) is 0 Å². The predicted molar refractivity (Wildman–Crippen MR) is 107 cm³/mol. The van der Waals surface area contributed by atoms with Crippen molar-refractivity contribution >= 4 is 36.9 Å². The molecule has 0 aromatic heterocycles. The molecule has 0 aromatic rings. The highest BCUT2D eigenvalue weighted by Gasteiger charge is 2.41. The van der Waals surface area contributed by atoms with Crippen LogP contribution in [0.4, 0.5) is 69.1 Å². The molecule has 0 bridgehead atoms. The van der Waals surface area contributed by atoms with Crippen molar-refractivity contribution in [3.05, 3.63) is 0 Å². The standard InChI is InChI=1S/C12H27P.4BF4/c1-10(2,3)13(11(4,5)6)12(7,8)9;4*2-1(3,4)5/h1-9H3;;;;/q;4*-1. The summed E-state index contributed by atoms with van der Waals surface area (Å²) in [5.41, 5.74) is 0. The molecule has 0 fully saturated rings. The average molecular weight is 550 g/mol. The van der Waals surface area contributed by atoms with Crippen LogP contribution in [0.25, 0.3) is 0 Å². The summed E-state index contributed by atoms with van der Waals surface area (Å²) in [7, 11) is -24.0. The topological polar surface area (TPSA) is 0 Å². The summed E-state index contributed by atoms with van der Waals surface area (Å²) >= 11 is 0. The van der Waals surface area contributed by atoms with E-state index in [4.69, 9.17) is 0 Å². The fourth-order valence-corrected chi connectivity index (χ4v) is 9.06. The molecule has 0 atom stereocenters. The second-order valence-electron chi connectivity index (χ2n) is 8.83. The Morgan fingerprint density at radius 2 is 0.364 bits per heavy atom. The summed E-state index contributed by atoms with van der Waals surface area (Å²) in [6.45, 7) is 21.5. The summed E-state index contributed by atoms with van der Waals surface area (Å²) in [6.07, 6.45) is 0. The number of hydrogen-bond acceptors (Lipinski definition) is 0. The highest BCUT2D eigenvalue weighted by molar-refractivity contribution is 7.62. The lowest BCUT2D eigenvalue weighted by molar-refractivity contribution is 0.366. The summed E-state index contributed by atoms with van der Waals surface area (Å²) in [4.78, 5) is 0. The van der Waals surface area contributed by atoms with Crippen LogP contribution in [0.15, 0.2) is 0 Å². The van der Waals surface area contributed by atoms with Crippen molar-refractivity contribution < 1.29 is 69.1 Å². The van der Waals surface area contributed by atoms with Gasteiger partial charge in [0.05, 0.1) is 0 Å². The zero-order valence-electron chi connectivity index (χ0n) is 19.3. The molecule has 33 heavy (non-hydrogen) atoms. The number of halogens is 16. The predicted octanol–water partition coefficient (Wildman–Crippen LogP) is 10.1. The monoisotopic (exact) mass is 550 g/mol. The van der Waals surface area contributed by atoms with E-state index in [0.29, 0.717) is 15.5 Å². The van der Waals surface area contributed by atoms with E-state index in [1.54, 1.807) is 0 Å². The molecular formula is C12H27B4F16P-4. The molecule has 0 nitrogen and oxygen atoms in total. The Kier molecular flexibility index (Phi) is 19.2. The van der Waals surface area contributed by atoms with Gasteiger partial charge in [0, 0.05) is 0 Å². The maximum Gasteiger partial charge on any atom is 0.673 e. The third-order valence-corrected chi connectivity index (χ3v) is 6.04. The van der Waals surface area contributed by atoms with Gasteiger partial charge in [0.1, 0.15) is 0 Å². The highest BCUT2D eigenvalue weighted by atomic mass is 31.1. The molecule has 0 radical (unpaired) electrons. The normalized spacial score (nSPS) is 13.3. The van der Waals surface area contributed by atoms with Crippen LogP contribution < -0.4 is 0 Å². The minimum atomic E-state index is -6.00.